The van der Waals surface area contributed by atoms with Crippen molar-refractivity contribution in [1.82, 2.24) is 0 Å². The molecule has 4 nitrogen and oxygen atoms in total. The third-order valence-electron chi connectivity index (χ3n) is 3.92. The van der Waals surface area contributed by atoms with Crippen molar-refractivity contribution in [2.75, 3.05) is 0 Å². The first-order valence-electron chi connectivity index (χ1n) is 7.76. The van der Waals surface area contributed by atoms with E-state index in [1.54, 1.807) is 0 Å². The van der Waals surface area contributed by atoms with Crippen molar-refractivity contribution in [1.29, 1.82) is 5.41 Å². The molecule has 0 bridgehead atoms. The fraction of sp³-hybridized carbons (Fsp3) is 0.278. The van der Waals surface area contributed by atoms with E-state index in [9.17, 15) is 9.79 Å². The maximum atomic E-state index is 10.3. The molecule has 0 aromatic heterocycles. The Morgan fingerprint density at radius 1 is 0.913 bits per heavy atom. The Morgan fingerprint density at radius 2 is 1.39 bits per heavy atom. The van der Waals surface area contributed by atoms with Crippen LogP contribution in [-0.4, -0.2) is 21.0 Å². The van der Waals surface area contributed by atoms with Crippen LogP contribution in [0.2, 0.25) is 0 Å². The molecule has 2 aromatic carbocycles. The van der Waals surface area contributed by atoms with Gasteiger partial charge >= 0.3 is 7.72 Å². The Balaban J connectivity index is 1.87. The summed E-state index contributed by atoms with van der Waals surface area (Å²) in [5.74, 6) is -0.772. The average Bonchev–Trinajstić information content (AvgIpc) is 2.59. The fourth-order valence-corrected chi connectivity index (χ4v) is 3.74. The summed E-state index contributed by atoms with van der Waals surface area (Å²) in [5, 5.41) is 8.02. The number of nitrogens with two attached hydrogens (primary N) is 1. The zero-order valence-corrected chi connectivity index (χ0v) is 14.0. The molecule has 0 aliphatic carbocycles. The van der Waals surface area contributed by atoms with Gasteiger partial charge in [-0.05, 0) is 24.0 Å². The van der Waals surface area contributed by atoms with Crippen LogP contribution in [0.15, 0.2) is 60.7 Å². The predicted molar refractivity (Wildman–Crippen MR) is 96.6 cm³/mol. The van der Waals surface area contributed by atoms with Gasteiger partial charge in [-0.15, -0.1) is 0 Å². The molecule has 0 heterocycles. The van der Waals surface area contributed by atoms with Crippen molar-refractivity contribution < 1.29 is 9.79 Å². The molecule has 0 saturated heterocycles. The maximum Gasteiger partial charge on any atom is 0.331 e. The third-order valence-corrected chi connectivity index (χ3v) is 6.13. The summed E-state index contributed by atoms with van der Waals surface area (Å²) in [7, 11) is -3.54. The lowest BCUT2D eigenvalue weighted by Gasteiger charge is -2.19. The van der Waals surface area contributed by atoms with Gasteiger partial charge in [-0.25, -0.2) is 9.79 Å². The number of aryl methyl sites for hydroxylation is 2. The molecular formula is C18H24N2O2P+. The fourth-order valence-electron chi connectivity index (χ4n) is 2.41. The zero-order valence-electron chi connectivity index (χ0n) is 13.1. The minimum atomic E-state index is -3.54. The van der Waals surface area contributed by atoms with Crippen LogP contribution in [0.3, 0.4) is 0 Å². The highest BCUT2D eigenvalue weighted by molar-refractivity contribution is 7.82. The van der Waals surface area contributed by atoms with Gasteiger partial charge in [0.2, 0.25) is 5.45 Å². The van der Waals surface area contributed by atoms with Crippen molar-refractivity contribution in [2.24, 2.45) is 5.73 Å². The van der Waals surface area contributed by atoms with E-state index in [0.717, 1.165) is 11.1 Å². The molecule has 0 aliphatic rings. The molecule has 1 atom stereocenters. The van der Waals surface area contributed by atoms with Crippen LogP contribution in [0.25, 0.3) is 0 Å². The Bertz CT molecular complexity index is 617. The minimum absolute atomic E-state index is 0.0260. The van der Waals surface area contributed by atoms with Crippen LogP contribution in [0.1, 0.15) is 24.0 Å². The normalized spacial score (nSPS) is 12.8. The van der Waals surface area contributed by atoms with Gasteiger partial charge in [0.15, 0.2) is 5.78 Å². The van der Waals surface area contributed by atoms with Crippen LogP contribution in [0.4, 0.5) is 0 Å². The number of rotatable bonds is 8. The molecule has 0 saturated carbocycles. The van der Waals surface area contributed by atoms with Gasteiger partial charge in [-0.2, -0.15) is 0 Å². The topological polar surface area (TPSA) is 90.3 Å². The highest BCUT2D eigenvalue weighted by Gasteiger charge is 2.46. The van der Waals surface area contributed by atoms with Gasteiger partial charge in [-0.1, -0.05) is 60.7 Å². The molecule has 0 spiro atoms. The van der Waals surface area contributed by atoms with Gasteiger partial charge in [-0.3, -0.25) is 11.1 Å². The SMILES string of the molecule is N=C(CCc1ccccc1)[P+](O)(O)C(N)CCc1ccccc1. The molecule has 0 amide bonds. The van der Waals surface area contributed by atoms with Crippen molar-refractivity contribution >= 4 is 13.2 Å². The summed E-state index contributed by atoms with van der Waals surface area (Å²) < 4.78 is 0. The van der Waals surface area contributed by atoms with E-state index >= 15 is 0 Å². The predicted octanol–water partition coefficient (Wildman–Crippen LogP) is 3.35. The van der Waals surface area contributed by atoms with Crippen LogP contribution in [0.5, 0.6) is 0 Å². The second kappa shape index (κ2) is 8.32. The quantitative estimate of drug-likeness (QED) is 0.442. The van der Waals surface area contributed by atoms with Gasteiger partial charge in [0, 0.05) is 12.8 Å². The van der Waals surface area contributed by atoms with E-state index in [0.29, 0.717) is 25.7 Å². The van der Waals surface area contributed by atoms with Crippen molar-refractivity contribution in [3.8, 4) is 0 Å². The standard InChI is InChI=1S/C18H24N2O2P/c19-17(13-11-15-7-3-1-4-8-15)23(21,22)18(20)14-12-16-9-5-2-6-10-16/h1-10,17,20-22H,11-14,19H2/q+1. The Hall–Kier alpha value is -1.58. The van der Waals surface area contributed by atoms with Crippen molar-refractivity contribution in [2.45, 2.75) is 31.5 Å². The second-order valence-electron chi connectivity index (χ2n) is 5.67. The summed E-state index contributed by atoms with van der Waals surface area (Å²) in [6.45, 7) is 0. The molecule has 0 fully saturated rings. The van der Waals surface area contributed by atoms with Crippen molar-refractivity contribution in [3.63, 3.8) is 0 Å². The van der Waals surface area contributed by atoms with E-state index < -0.39 is 13.5 Å². The van der Waals surface area contributed by atoms with Crippen LogP contribution < -0.4 is 5.73 Å². The lowest BCUT2D eigenvalue weighted by molar-refractivity contribution is 0.443. The summed E-state index contributed by atoms with van der Waals surface area (Å²) >= 11 is 0. The number of hydrogen-bond donors (Lipinski definition) is 4. The molecule has 0 radical (unpaired) electrons. The first kappa shape index (κ1) is 17.8. The number of nitrogens with one attached hydrogen (secondary N) is 1. The van der Waals surface area contributed by atoms with Gasteiger partial charge in [0.25, 0.3) is 0 Å². The molecule has 2 aromatic rings. The molecule has 5 N–H and O–H groups in total. The van der Waals surface area contributed by atoms with Gasteiger partial charge < -0.3 is 0 Å². The van der Waals surface area contributed by atoms with Gasteiger partial charge in [0.1, 0.15) is 0 Å². The summed E-state index contributed by atoms with van der Waals surface area (Å²) in [5.41, 5.74) is 8.14. The minimum Gasteiger partial charge on any atom is -0.292 e. The first-order valence-corrected chi connectivity index (χ1v) is 9.52. The van der Waals surface area contributed by atoms with E-state index in [1.807, 2.05) is 60.7 Å². The highest BCUT2D eigenvalue weighted by atomic mass is 31.2. The van der Waals surface area contributed by atoms with E-state index in [4.69, 9.17) is 11.1 Å². The molecule has 23 heavy (non-hydrogen) atoms. The summed E-state index contributed by atoms with van der Waals surface area (Å²) in [6.07, 6.45) is 2.08. The summed E-state index contributed by atoms with van der Waals surface area (Å²) in [4.78, 5) is 20.6. The molecule has 0 aliphatic heterocycles. The first-order chi connectivity index (χ1) is 11.0. The molecule has 122 valence electrons. The van der Waals surface area contributed by atoms with E-state index in [1.165, 1.54) is 0 Å². The monoisotopic (exact) mass is 331 g/mol. The molecule has 5 heteroatoms. The van der Waals surface area contributed by atoms with Crippen LogP contribution in [0, 0.1) is 5.41 Å². The lowest BCUT2D eigenvalue weighted by Crippen LogP contribution is -2.28. The highest BCUT2D eigenvalue weighted by Crippen LogP contribution is 2.56. The largest absolute Gasteiger partial charge is 0.331 e. The van der Waals surface area contributed by atoms with E-state index in [2.05, 4.69) is 0 Å². The molecule has 2 rings (SSSR count). The number of benzene rings is 2. The molecular weight excluding hydrogens is 307 g/mol. The Labute approximate surface area is 138 Å². The molecule has 1 unspecified atom stereocenters. The second-order valence-corrected chi connectivity index (χ2v) is 8.18. The van der Waals surface area contributed by atoms with E-state index in [-0.39, 0.29) is 5.45 Å². The smallest absolute Gasteiger partial charge is 0.292 e. The Kier molecular flexibility index (Phi) is 6.43. The van der Waals surface area contributed by atoms with Gasteiger partial charge in [0.05, 0.1) is 0 Å². The van der Waals surface area contributed by atoms with Crippen LogP contribution in [-0.2, 0) is 12.8 Å². The third kappa shape index (κ3) is 5.22. The van der Waals surface area contributed by atoms with Crippen molar-refractivity contribution in [3.05, 3.63) is 71.8 Å². The number of hydrogen-bond acceptors (Lipinski definition) is 4. The summed E-state index contributed by atoms with van der Waals surface area (Å²) in [6, 6.07) is 19.6. The van der Waals surface area contributed by atoms with Crippen LogP contribution >= 0.6 is 7.72 Å². The Morgan fingerprint density at radius 3 is 1.91 bits per heavy atom. The average molecular weight is 331 g/mol. The maximum absolute atomic E-state index is 10.3. The zero-order chi connectivity index (χ0) is 16.7. The lowest BCUT2D eigenvalue weighted by atomic mass is 10.1.